The Morgan fingerprint density at radius 2 is 2.24 bits per heavy atom. The van der Waals surface area contributed by atoms with Crippen LogP contribution in [0.1, 0.15) is 23.2 Å². The van der Waals surface area contributed by atoms with Crippen molar-refractivity contribution in [2.24, 2.45) is 5.73 Å². The summed E-state index contributed by atoms with van der Waals surface area (Å²) in [6.45, 7) is 0. The smallest absolute Gasteiger partial charge is 0.254 e. The second-order valence-corrected chi connectivity index (χ2v) is 4.25. The zero-order valence-corrected chi connectivity index (χ0v) is 9.57. The number of amides is 1. The number of rotatable bonds is 3. The van der Waals surface area contributed by atoms with Gasteiger partial charge in [0.05, 0.1) is 12.7 Å². The summed E-state index contributed by atoms with van der Waals surface area (Å²) in [6, 6.07) is 4.40. The van der Waals surface area contributed by atoms with Gasteiger partial charge in [-0.1, -0.05) is 0 Å². The Morgan fingerprint density at radius 1 is 1.53 bits per heavy atom. The maximum Gasteiger partial charge on any atom is 0.254 e. The summed E-state index contributed by atoms with van der Waals surface area (Å²) >= 11 is 0. The molecule has 0 saturated heterocycles. The van der Waals surface area contributed by atoms with Crippen molar-refractivity contribution >= 4 is 5.91 Å². The fourth-order valence-corrected chi connectivity index (χ4v) is 1.85. The number of nitrogens with two attached hydrogens (primary N) is 1. The first-order valence-corrected chi connectivity index (χ1v) is 5.50. The fraction of sp³-hybridized carbons (Fsp3) is 0.417. The average molecular weight is 238 g/mol. The molecule has 0 atom stereocenters. The summed E-state index contributed by atoms with van der Waals surface area (Å²) in [5, 5.41) is 2.74. The molecule has 0 heterocycles. The molecule has 0 spiro atoms. The summed E-state index contributed by atoms with van der Waals surface area (Å²) < 4.78 is 18.4. The van der Waals surface area contributed by atoms with Gasteiger partial charge in [0.2, 0.25) is 0 Å². The number of ether oxygens (including phenoxy) is 1. The molecule has 5 heteroatoms. The highest BCUT2D eigenvalue weighted by molar-refractivity contribution is 5.94. The van der Waals surface area contributed by atoms with Crippen molar-refractivity contribution in [3.63, 3.8) is 0 Å². The normalized spacial score (nSPS) is 22.8. The molecule has 1 amide bonds. The van der Waals surface area contributed by atoms with Gasteiger partial charge in [-0.15, -0.1) is 0 Å². The van der Waals surface area contributed by atoms with E-state index < -0.39 is 11.7 Å². The molecule has 0 bridgehead atoms. The van der Waals surface area contributed by atoms with Crippen molar-refractivity contribution in [1.29, 1.82) is 0 Å². The first kappa shape index (κ1) is 11.9. The van der Waals surface area contributed by atoms with E-state index in [1.54, 1.807) is 6.07 Å². The summed E-state index contributed by atoms with van der Waals surface area (Å²) in [7, 11) is 1.45. The number of carbonyl (C=O) groups is 1. The van der Waals surface area contributed by atoms with Gasteiger partial charge in [0.1, 0.15) is 11.6 Å². The third kappa shape index (κ3) is 2.55. The average Bonchev–Trinajstić information content (AvgIpc) is 2.26. The Balaban J connectivity index is 2.03. The van der Waals surface area contributed by atoms with E-state index in [0.717, 1.165) is 12.8 Å². The maximum absolute atomic E-state index is 13.6. The minimum atomic E-state index is -0.578. The van der Waals surface area contributed by atoms with E-state index in [1.165, 1.54) is 19.2 Å². The predicted molar refractivity (Wildman–Crippen MR) is 61.4 cm³/mol. The molecule has 1 saturated carbocycles. The number of methoxy groups -OCH3 is 1. The minimum absolute atomic E-state index is 0.0336. The summed E-state index contributed by atoms with van der Waals surface area (Å²) in [5.74, 6) is -0.586. The molecule has 0 aromatic heterocycles. The molecule has 1 aromatic rings. The lowest BCUT2D eigenvalue weighted by Gasteiger charge is -2.32. The lowest BCUT2D eigenvalue weighted by atomic mass is 9.87. The van der Waals surface area contributed by atoms with E-state index in [4.69, 9.17) is 10.5 Å². The Hall–Kier alpha value is -1.62. The molecule has 0 aliphatic heterocycles. The molecule has 1 aromatic carbocycles. The molecule has 0 radical (unpaired) electrons. The quantitative estimate of drug-likeness (QED) is 0.827. The molecule has 1 fully saturated rings. The van der Waals surface area contributed by atoms with Crippen LogP contribution in [0.4, 0.5) is 4.39 Å². The summed E-state index contributed by atoms with van der Waals surface area (Å²) in [4.78, 5) is 11.7. The third-order valence-electron chi connectivity index (χ3n) is 2.93. The van der Waals surface area contributed by atoms with Crippen LogP contribution in [0, 0.1) is 5.82 Å². The lowest BCUT2D eigenvalue weighted by Crippen LogP contribution is -2.50. The monoisotopic (exact) mass is 238 g/mol. The Labute approximate surface area is 98.9 Å². The van der Waals surface area contributed by atoms with E-state index in [9.17, 15) is 9.18 Å². The first-order chi connectivity index (χ1) is 8.10. The van der Waals surface area contributed by atoms with Gasteiger partial charge < -0.3 is 15.8 Å². The van der Waals surface area contributed by atoms with E-state index in [1.807, 2.05) is 0 Å². The maximum atomic E-state index is 13.6. The Kier molecular flexibility index (Phi) is 3.28. The molecule has 92 valence electrons. The van der Waals surface area contributed by atoms with Crippen molar-refractivity contribution in [3.8, 4) is 5.75 Å². The largest absolute Gasteiger partial charge is 0.497 e. The van der Waals surface area contributed by atoms with E-state index >= 15 is 0 Å². The second-order valence-electron chi connectivity index (χ2n) is 4.25. The van der Waals surface area contributed by atoms with Crippen LogP contribution in [0.15, 0.2) is 18.2 Å². The Morgan fingerprint density at radius 3 is 2.76 bits per heavy atom. The molecule has 0 unspecified atom stereocenters. The highest BCUT2D eigenvalue weighted by Gasteiger charge is 2.28. The van der Waals surface area contributed by atoms with Gasteiger partial charge in [0.25, 0.3) is 5.91 Å². The van der Waals surface area contributed by atoms with Crippen molar-refractivity contribution in [2.45, 2.75) is 24.9 Å². The van der Waals surface area contributed by atoms with Gasteiger partial charge in [-0.2, -0.15) is 0 Å². The highest BCUT2D eigenvalue weighted by Crippen LogP contribution is 2.20. The number of carbonyl (C=O) groups excluding carboxylic acids is 1. The number of hydrogen-bond acceptors (Lipinski definition) is 3. The van der Waals surface area contributed by atoms with Crippen LogP contribution < -0.4 is 15.8 Å². The van der Waals surface area contributed by atoms with Crippen LogP contribution in [0.2, 0.25) is 0 Å². The summed E-state index contributed by atoms with van der Waals surface area (Å²) in [5.41, 5.74) is 5.64. The van der Waals surface area contributed by atoms with Crippen LogP contribution in [0.3, 0.4) is 0 Å². The molecular formula is C12H15FN2O2. The number of hydrogen-bond donors (Lipinski definition) is 2. The number of halogens is 1. The standard InChI is InChI=1S/C12H15FN2O2/c1-17-9-2-3-10(11(13)6-9)12(16)15-8-4-7(14)5-8/h2-3,6-8H,4-5,14H2,1H3,(H,15,16). The van der Waals surface area contributed by atoms with Crippen LogP contribution in [-0.4, -0.2) is 25.1 Å². The Bertz CT molecular complexity index is 431. The molecule has 17 heavy (non-hydrogen) atoms. The van der Waals surface area contributed by atoms with E-state index in [0.29, 0.717) is 5.75 Å². The van der Waals surface area contributed by atoms with E-state index in [-0.39, 0.29) is 17.6 Å². The van der Waals surface area contributed by atoms with Crippen LogP contribution in [0.25, 0.3) is 0 Å². The number of benzene rings is 1. The minimum Gasteiger partial charge on any atom is -0.497 e. The van der Waals surface area contributed by atoms with Gasteiger partial charge >= 0.3 is 0 Å². The molecule has 2 rings (SSSR count). The van der Waals surface area contributed by atoms with Gasteiger partial charge in [-0.25, -0.2) is 4.39 Å². The molecule has 3 N–H and O–H groups in total. The molecule has 4 nitrogen and oxygen atoms in total. The van der Waals surface area contributed by atoms with Crippen molar-refractivity contribution < 1.29 is 13.9 Å². The van der Waals surface area contributed by atoms with Gasteiger partial charge in [0, 0.05) is 18.2 Å². The first-order valence-electron chi connectivity index (χ1n) is 5.50. The van der Waals surface area contributed by atoms with Gasteiger partial charge in [-0.3, -0.25) is 4.79 Å². The second kappa shape index (κ2) is 4.71. The van der Waals surface area contributed by atoms with Crippen LogP contribution in [-0.2, 0) is 0 Å². The van der Waals surface area contributed by atoms with Crippen molar-refractivity contribution in [3.05, 3.63) is 29.6 Å². The topological polar surface area (TPSA) is 64.3 Å². The number of nitrogens with one attached hydrogen (secondary N) is 1. The predicted octanol–water partition coefficient (Wildman–Crippen LogP) is 1.05. The zero-order valence-electron chi connectivity index (χ0n) is 9.57. The fourth-order valence-electron chi connectivity index (χ4n) is 1.85. The molecular weight excluding hydrogens is 223 g/mol. The van der Waals surface area contributed by atoms with Crippen molar-refractivity contribution in [2.75, 3.05) is 7.11 Å². The highest BCUT2D eigenvalue weighted by atomic mass is 19.1. The summed E-state index contributed by atoms with van der Waals surface area (Å²) in [6.07, 6.45) is 1.51. The molecule has 1 aliphatic rings. The molecule has 1 aliphatic carbocycles. The van der Waals surface area contributed by atoms with Crippen LogP contribution in [0.5, 0.6) is 5.75 Å². The lowest BCUT2D eigenvalue weighted by molar-refractivity contribution is 0.0906. The van der Waals surface area contributed by atoms with Crippen LogP contribution >= 0.6 is 0 Å². The zero-order chi connectivity index (χ0) is 12.4. The third-order valence-corrected chi connectivity index (χ3v) is 2.93. The van der Waals surface area contributed by atoms with Crippen molar-refractivity contribution in [1.82, 2.24) is 5.32 Å². The van der Waals surface area contributed by atoms with E-state index in [2.05, 4.69) is 5.32 Å². The van der Waals surface area contributed by atoms with Gasteiger partial charge in [0.15, 0.2) is 0 Å². The SMILES string of the molecule is COc1ccc(C(=O)NC2CC(N)C2)c(F)c1. The van der Waals surface area contributed by atoms with Gasteiger partial charge in [-0.05, 0) is 25.0 Å².